The molecule has 0 aromatic rings. The van der Waals surface area contributed by atoms with Gasteiger partial charge in [-0.3, -0.25) is 0 Å². The lowest BCUT2D eigenvalue weighted by Gasteiger charge is -2.31. The molecule has 0 aliphatic heterocycles. The molecule has 0 heteroatoms. The molecule has 60 valence electrons. The Morgan fingerprint density at radius 3 is 2.91 bits per heavy atom. The molecule has 2 rings (SSSR count). The van der Waals surface area contributed by atoms with Crippen molar-refractivity contribution in [3.8, 4) is 0 Å². The highest BCUT2D eigenvalue weighted by atomic mass is 14.3. The molecular formula is C11H16. The van der Waals surface area contributed by atoms with Gasteiger partial charge in [-0.15, -0.1) is 0 Å². The van der Waals surface area contributed by atoms with Crippen LogP contribution in [0.15, 0.2) is 23.8 Å². The van der Waals surface area contributed by atoms with Crippen molar-refractivity contribution in [1.29, 1.82) is 0 Å². The average Bonchev–Trinajstić information content (AvgIpc) is 2.06. The van der Waals surface area contributed by atoms with Gasteiger partial charge in [0.2, 0.25) is 0 Å². The number of hydrogen-bond acceptors (Lipinski definition) is 0. The summed E-state index contributed by atoms with van der Waals surface area (Å²) in [5.74, 6) is 1.78. The van der Waals surface area contributed by atoms with Crippen molar-refractivity contribution in [2.24, 2.45) is 11.8 Å². The first-order valence-electron chi connectivity index (χ1n) is 4.71. The average molecular weight is 148 g/mol. The molecule has 0 saturated heterocycles. The van der Waals surface area contributed by atoms with Crippen LogP contribution in [0.4, 0.5) is 0 Å². The van der Waals surface area contributed by atoms with Crippen molar-refractivity contribution in [3.63, 3.8) is 0 Å². The summed E-state index contributed by atoms with van der Waals surface area (Å²) in [5, 5.41) is 0. The van der Waals surface area contributed by atoms with Crippen molar-refractivity contribution < 1.29 is 0 Å². The third-order valence-electron chi connectivity index (χ3n) is 3.08. The molecule has 0 amide bonds. The van der Waals surface area contributed by atoms with Gasteiger partial charge < -0.3 is 0 Å². The van der Waals surface area contributed by atoms with Gasteiger partial charge in [0.15, 0.2) is 0 Å². The van der Waals surface area contributed by atoms with Crippen LogP contribution < -0.4 is 0 Å². The Kier molecular flexibility index (Phi) is 1.85. The fraction of sp³-hybridized carbons (Fsp3) is 0.636. The number of hydrogen-bond donors (Lipinski definition) is 0. The summed E-state index contributed by atoms with van der Waals surface area (Å²) in [6.07, 6.45) is 12.7. The Morgan fingerprint density at radius 1 is 1.27 bits per heavy atom. The SMILES string of the molecule is CC1=CCC[C@@H]2CCC=CC12. The molecule has 0 bridgehead atoms. The van der Waals surface area contributed by atoms with Crippen LogP contribution in [0.1, 0.15) is 32.6 Å². The van der Waals surface area contributed by atoms with E-state index in [1.807, 2.05) is 0 Å². The van der Waals surface area contributed by atoms with E-state index in [9.17, 15) is 0 Å². The summed E-state index contributed by atoms with van der Waals surface area (Å²) < 4.78 is 0. The highest BCUT2D eigenvalue weighted by Crippen LogP contribution is 2.37. The Balaban J connectivity index is 2.22. The summed E-state index contributed by atoms with van der Waals surface area (Å²) in [6, 6.07) is 0. The molecule has 0 heterocycles. The van der Waals surface area contributed by atoms with E-state index in [4.69, 9.17) is 0 Å². The van der Waals surface area contributed by atoms with Crippen LogP contribution >= 0.6 is 0 Å². The van der Waals surface area contributed by atoms with Gasteiger partial charge in [0.1, 0.15) is 0 Å². The topological polar surface area (TPSA) is 0 Å². The fourth-order valence-corrected chi connectivity index (χ4v) is 2.40. The Hall–Kier alpha value is -0.520. The Labute approximate surface area is 69.0 Å². The van der Waals surface area contributed by atoms with Gasteiger partial charge in [0.05, 0.1) is 0 Å². The van der Waals surface area contributed by atoms with Crippen molar-refractivity contribution in [2.75, 3.05) is 0 Å². The molecule has 0 N–H and O–H groups in total. The molecule has 0 spiro atoms. The minimum Gasteiger partial charge on any atom is -0.0879 e. The van der Waals surface area contributed by atoms with Crippen molar-refractivity contribution >= 4 is 0 Å². The largest absolute Gasteiger partial charge is 0.0879 e. The Bertz CT molecular complexity index is 198. The van der Waals surface area contributed by atoms with Crippen LogP contribution in [0.25, 0.3) is 0 Å². The minimum atomic E-state index is 0.803. The second kappa shape index (κ2) is 2.84. The zero-order valence-electron chi connectivity index (χ0n) is 7.22. The molecule has 1 unspecified atom stereocenters. The van der Waals surface area contributed by atoms with Crippen LogP contribution in [0.2, 0.25) is 0 Å². The summed E-state index contributed by atoms with van der Waals surface area (Å²) in [4.78, 5) is 0. The second-order valence-corrected chi connectivity index (χ2v) is 3.82. The van der Waals surface area contributed by atoms with Gasteiger partial charge >= 0.3 is 0 Å². The van der Waals surface area contributed by atoms with Gasteiger partial charge in [-0.2, -0.15) is 0 Å². The van der Waals surface area contributed by atoms with Gasteiger partial charge in [-0.1, -0.05) is 23.8 Å². The van der Waals surface area contributed by atoms with Crippen LogP contribution in [0, 0.1) is 11.8 Å². The summed E-state index contributed by atoms with van der Waals surface area (Å²) in [5.41, 5.74) is 1.61. The normalized spacial score (nSPS) is 36.3. The smallest absolute Gasteiger partial charge is 0.000246 e. The van der Waals surface area contributed by atoms with Crippen LogP contribution in [0.5, 0.6) is 0 Å². The van der Waals surface area contributed by atoms with Gasteiger partial charge in [-0.05, 0) is 38.5 Å². The Morgan fingerprint density at radius 2 is 2.09 bits per heavy atom. The first kappa shape index (κ1) is 7.15. The van der Waals surface area contributed by atoms with Gasteiger partial charge in [-0.25, -0.2) is 0 Å². The molecule has 0 radical (unpaired) electrons. The third-order valence-corrected chi connectivity index (χ3v) is 3.08. The van der Waals surface area contributed by atoms with E-state index in [0.717, 1.165) is 11.8 Å². The van der Waals surface area contributed by atoms with E-state index in [-0.39, 0.29) is 0 Å². The van der Waals surface area contributed by atoms with Gasteiger partial charge in [0, 0.05) is 5.92 Å². The zero-order valence-corrected chi connectivity index (χ0v) is 7.22. The third kappa shape index (κ3) is 1.26. The highest BCUT2D eigenvalue weighted by molar-refractivity contribution is 5.17. The molecule has 0 aromatic carbocycles. The van der Waals surface area contributed by atoms with E-state index >= 15 is 0 Å². The lowest BCUT2D eigenvalue weighted by Crippen LogP contribution is -2.19. The maximum absolute atomic E-state index is 2.42. The van der Waals surface area contributed by atoms with Crippen molar-refractivity contribution in [1.82, 2.24) is 0 Å². The first-order valence-corrected chi connectivity index (χ1v) is 4.71. The van der Waals surface area contributed by atoms with Crippen LogP contribution in [-0.4, -0.2) is 0 Å². The summed E-state index contributed by atoms with van der Waals surface area (Å²) in [7, 11) is 0. The molecule has 0 saturated carbocycles. The molecule has 2 aliphatic rings. The first-order chi connectivity index (χ1) is 5.38. The van der Waals surface area contributed by atoms with Crippen molar-refractivity contribution in [2.45, 2.75) is 32.6 Å². The minimum absolute atomic E-state index is 0.803. The summed E-state index contributed by atoms with van der Waals surface area (Å²) in [6.45, 7) is 2.28. The molecule has 2 atom stereocenters. The number of fused-ring (bicyclic) bond motifs is 1. The molecule has 0 fully saturated rings. The zero-order chi connectivity index (χ0) is 7.68. The molecule has 11 heavy (non-hydrogen) atoms. The van der Waals surface area contributed by atoms with Crippen LogP contribution in [0.3, 0.4) is 0 Å². The maximum Gasteiger partial charge on any atom is 0.000246 e. The number of allylic oxidation sites excluding steroid dienone is 4. The lowest BCUT2D eigenvalue weighted by molar-refractivity contribution is 0.354. The van der Waals surface area contributed by atoms with E-state index in [0.29, 0.717) is 0 Å². The lowest BCUT2D eigenvalue weighted by atomic mass is 9.74. The maximum atomic E-state index is 2.42. The molecule has 0 nitrogen and oxygen atoms in total. The molecule has 2 aliphatic carbocycles. The highest BCUT2D eigenvalue weighted by Gasteiger charge is 2.24. The van der Waals surface area contributed by atoms with Crippen molar-refractivity contribution in [3.05, 3.63) is 23.8 Å². The predicted octanol–water partition coefficient (Wildman–Crippen LogP) is 3.31. The molecular weight excluding hydrogens is 132 g/mol. The van der Waals surface area contributed by atoms with E-state index < -0.39 is 0 Å². The summed E-state index contributed by atoms with van der Waals surface area (Å²) >= 11 is 0. The quantitative estimate of drug-likeness (QED) is 0.462. The predicted molar refractivity (Wildman–Crippen MR) is 48.3 cm³/mol. The fourth-order valence-electron chi connectivity index (χ4n) is 2.40. The van der Waals surface area contributed by atoms with Crippen LogP contribution in [-0.2, 0) is 0 Å². The monoisotopic (exact) mass is 148 g/mol. The van der Waals surface area contributed by atoms with E-state index in [1.54, 1.807) is 5.57 Å². The van der Waals surface area contributed by atoms with Gasteiger partial charge in [0.25, 0.3) is 0 Å². The molecule has 0 aromatic heterocycles. The second-order valence-electron chi connectivity index (χ2n) is 3.82. The van der Waals surface area contributed by atoms with E-state index in [1.165, 1.54) is 25.7 Å². The standard InChI is InChI=1S/C11H16/c1-9-5-4-7-10-6-2-3-8-11(9)10/h3,5,8,10-11H,2,4,6-7H2,1H3/t10-,11?/m0/s1. The number of rotatable bonds is 0. The van der Waals surface area contributed by atoms with E-state index in [2.05, 4.69) is 25.2 Å².